The monoisotopic (exact) mass is 248 g/mol. The Labute approximate surface area is 105 Å². The van der Waals surface area contributed by atoms with Gasteiger partial charge in [0.05, 0.1) is 0 Å². The Morgan fingerprint density at radius 2 is 2.12 bits per heavy atom. The lowest BCUT2D eigenvalue weighted by molar-refractivity contribution is -0.136. The third-order valence-electron chi connectivity index (χ3n) is 3.41. The molecule has 1 amide bonds. The molecule has 0 aliphatic carbocycles. The van der Waals surface area contributed by atoms with Crippen molar-refractivity contribution >= 4 is 18.3 Å². The van der Waals surface area contributed by atoms with Crippen LogP contribution in [0.1, 0.15) is 40.5 Å². The molecule has 1 rings (SSSR count). The maximum Gasteiger partial charge on any atom is 0.223 e. The minimum Gasteiger partial charge on any atom is -0.337 e. The Morgan fingerprint density at radius 1 is 1.50 bits per heavy atom. The maximum atomic E-state index is 12.1. The second-order valence-electron chi connectivity index (χ2n) is 5.33. The first-order valence-corrected chi connectivity index (χ1v) is 5.96. The van der Waals surface area contributed by atoms with Gasteiger partial charge >= 0.3 is 0 Å². The lowest BCUT2D eigenvalue weighted by atomic mass is 9.86. The largest absolute Gasteiger partial charge is 0.337 e. The standard InChI is InChI=1S/C12H24N2O.ClH/c1-5-12(3,4)8-11(15)14-7-6-13-9-10(14)2;/h10,13H,5-9H2,1-4H3;1H/t10-;/m0./s1. The third kappa shape index (κ3) is 4.30. The van der Waals surface area contributed by atoms with Crippen LogP contribution < -0.4 is 5.32 Å². The highest BCUT2D eigenvalue weighted by Gasteiger charge is 2.27. The highest BCUT2D eigenvalue weighted by atomic mass is 35.5. The average Bonchev–Trinajstić information content (AvgIpc) is 2.17. The lowest BCUT2D eigenvalue weighted by Crippen LogP contribution is -2.52. The van der Waals surface area contributed by atoms with Gasteiger partial charge in [0.1, 0.15) is 0 Å². The Kier molecular flexibility index (Phi) is 6.34. The van der Waals surface area contributed by atoms with Crippen LogP contribution in [-0.2, 0) is 4.79 Å². The molecular weight excluding hydrogens is 224 g/mol. The van der Waals surface area contributed by atoms with Crippen LogP contribution >= 0.6 is 12.4 Å². The number of nitrogens with one attached hydrogen (secondary N) is 1. The summed E-state index contributed by atoms with van der Waals surface area (Å²) in [6.45, 7) is 11.3. The molecule has 1 N–H and O–H groups in total. The predicted octanol–water partition coefficient (Wildman–Crippen LogP) is 2.05. The molecule has 0 aromatic rings. The van der Waals surface area contributed by atoms with E-state index in [1.54, 1.807) is 0 Å². The molecule has 96 valence electrons. The number of hydrogen-bond donors (Lipinski definition) is 1. The molecule has 3 nitrogen and oxygen atoms in total. The molecule has 0 bridgehead atoms. The number of piperazine rings is 1. The molecule has 0 radical (unpaired) electrons. The minimum atomic E-state index is 0. The molecule has 0 aromatic heterocycles. The van der Waals surface area contributed by atoms with Crippen LogP contribution in [0.2, 0.25) is 0 Å². The van der Waals surface area contributed by atoms with Gasteiger partial charge in [-0.15, -0.1) is 12.4 Å². The fourth-order valence-corrected chi connectivity index (χ4v) is 1.85. The molecule has 0 spiro atoms. The summed E-state index contributed by atoms with van der Waals surface area (Å²) < 4.78 is 0. The van der Waals surface area contributed by atoms with E-state index in [1.807, 2.05) is 4.90 Å². The topological polar surface area (TPSA) is 32.3 Å². The highest BCUT2D eigenvalue weighted by molar-refractivity contribution is 5.85. The van der Waals surface area contributed by atoms with Crippen LogP contribution in [0.25, 0.3) is 0 Å². The van der Waals surface area contributed by atoms with E-state index in [1.165, 1.54) is 0 Å². The van der Waals surface area contributed by atoms with Crippen molar-refractivity contribution in [3.63, 3.8) is 0 Å². The van der Waals surface area contributed by atoms with Gasteiger partial charge in [-0.25, -0.2) is 0 Å². The molecule has 1 fully saturated rings. The van der Waals surface area contributed by atoms with Crippen molar-refractivity contribution in [2.75, 3.05) is 19.6 Å². The zero-order valence-corrected chi connectivity index (χ0v) is 11.7. The van der Waals surface area contributed by atoms with Crippen molar-refractivity contribution < 1.29 is 4.79 Å². The fraction of sp³-hybridized carbons (Fsp3) is 0.917. The summed E-state index contributed by atoms with van der Waals surface area (Å²) >= 11 is 0. The van der Waals surface area contributed by atoms with Gasteiger partial charge in [-0.05, 0) is 12.3 Å². The average molecular weight is 249 g/mol. The first kappa shape index (κ1) is 15.7. The van der Waals surface area contributed by atoms with Crippen molar-refractivity contribution in [1.29, 1.82) is 0 Å². The summed E-state index contributed by atoms with van der Waals surface area (Å²) in [6, 6.07) is 0.346. The van der Waals surface area contributed by atoms with E-state index in [0.717, 1.165) is 26.1 Å². The minimum absolute atomic E-state index is 0. The number of rotatable bonds is 3. The normalized spacial score (nSPS) is 21.5. The van der Waals surface area contributed by atoms with Crippen LogP contribution in [0.15, 0.2) is 0 Å². The molecule has 1 aliphatic heterocycles. The zero-order chi connectivity index (χ0) is 11.5. The van der Waals surface area contributed by atoms with Gasteiger partial charge in [0.25, 0.3) is 0 Å². The smallest absolute Gasteiger partial charge is 0.223 e. The van der Waals surface area contributed by atoms with Gasteiger partial charge in [-0.2, -0.15) is 0 Å². The number of carbonyl (C=O) groups excluding carboxylic acids is 1. The van der Waals surface area contributed by atoms with Gasteiger partial charge in [-0.3, -0.25) is 4.79 Å². The van der Waals surface area contributed by atoms with Crippen molar-refractivity contribution in [3.8, 4) is 0 Å². The molecule has 16 heavy (non-hydrogen) atoms. The van der Waals surface area contributed by atoms with E-state index in [2.05, 4.69) is 33.0 Å². The van der Waals surface area contributed by atoms with E-state index in [-0.39, 0.29) is 17.8 Å². The Morgan fingerprint density at radius 3 is 2.62 bits per heavy atom. The molecule has 0 saturated carbocycles. The zero-order valence-electron chi connectivity index (χ0n) is 10.9. The third-order valence-corrected chi connectivity index (χ3v) is 3.41. The SMILES string of the molecule is CCC(C)(C)CC(=O)N1CCNC[C@@H]1C.Cl. The maximum absolute atomic E-state index is 12.1. The van der Waals surface area contributed by atoms with Gasteiger partial charge in [0.2, 0.25) is 5.91 Å². The first-order chi connectivity index (χ1) is 6.96. The molecule has 4 heteroatoms. The van der Waals surface area contributed by atoms with E-state index in [4.69, 9.17) is 0 Å². The van der Waals surface area contributed by atoms with Gasteiger partial charge < -0.3 is 10.2 Å². The lowest BCUT2D eigenvalue weighted by Gasteiger charge is -2.36. The summed E-state index contributed by atoms with van der Waals surface area (Å²) in [6.07, 6.45) is 1.73. The summed E-state index contributed by atoms with van der Waals surface area (Å²) in [5.41, 5.74) is 0.141. The predicted molar refractivity (Wildman–Crippen MR) is 70.0 cm³/mol. The molecule has 1 saturated heterocycles. The van der Waals surface area contributed by atoms with Crippen LogP contribution in [0.4, 0.5) is 0 Å². The molecule has 1 heterocycles. The van der Waals surface area contributed by atoms with Crippen LogP contribution in [0.5, 0.6) is 0 Å². The van der Waals surface area contributed by atoms with Gasteiger partial charge in [0.15, 0.2) is 0 Å². The number of nitrogens with zero attached hydrogens (tertiary/aromatic N) is 1. The summed E-state index contributed by atoms with van der Waals surface area (Å²) in [7, 11) is 0. The molecule has 0 unspecified atom stereocenters. The second-order valence-corrected chi connectivity index (χ2v) is 5.33. The quantitative estimate of drug-likeness (QED) is 0.829. The molecule has 0 aromatic carbocycles. The Bertz CT molecular complexity index is 231. The van der Waals surface area contributed by atoms with Crippen molar-refractivity contribution in [1.82, 2.24) is 10.2 Å². The van der Waals surface area contributed by atoms with Crippen LogP contribution in [0, 0.1) is 5.41 Å². The fourth-order valence-electron chi connectivity index (χ4n) is 1.85. The Hall–Kier alpha value is -0.280. The van der Waals surface area contributed by atoms with E-state index in [9.17, 15) is 4.79 Å². The second kappa shape index (κ2) is 6.45. The van der Waals surface area contributed by atoms with E-state index in [0.29, 0.717) is 18.4 Å². The van der Waals surface area contributed by atoms with Crippen LogP contribution in [-0.4, -0.2) is 36.5 Å². The van der Waals surface area contributed by atoms with Crippen molar-refractivity contribution in [2.45, 2.75) is 46.6 Å². The summed E-state index contributed by atoms with van der Waals surface area (Å²) in [4.78, 5) is 14.1. The van der Waals surface area contributed by atoms with Crippen molar-refractivity contribution in [2.24, 2.45) is 5.41 Å². The number of amides is 1. The van der Waals surface area contributed by atoms with Crippen LogP contribution in [0.3, 0.4) is 0 Å². The first-order valence-electron chi connectivity index (χ1n) is 5.96. The number of halogens is 1. The van der Waals surface area contributed by atoms with E-state index >= 15 is 0 Å². The van der Waals surface area contributed by atoms with Gasteiger partial charge in [-0.1, -0.05) is 27.2 Å². The Balaban J connectivity index is 0.00000225. The van der Waals surface area contributed by atoms with Gasteiger partial charge in [0, 0.05) is 32.1 Å². The van der Waals surface area contributed by atoms with Crippen molar-refractivity contribution in [3.05, 3.63) is 0 Å². The number of hydrogen-bond acceptors (Lipinski definition) is 2. The summed E-state index contributed by atoms with van der Waals surface area (Å²) in [5, 5.41) is 3.30. The summed E-state index contributed by atoms with van der Waals surface area (Å²) in [5.74, 6) is 0.316. The molecule has 1 aliphatic rings. The van der Waals surface area contributed by atoms with E-state index < -0.39 is 0 Å². The molecule has 1 atom stereocenters. The highest BCUT2D eigenvalue weighted by Crippen LogP contribution is 2.25. The molecular formula is C12H25ClN2O. The number of carbonyl (C=O) groups is 1.